The number of halogens is 2. The maximum atomic E-state index is 13.2. The van der Waals surface area contributed by atoms with Crippen LogP contribution in [0.4, 0.5) is 10.1 Å². The number of amides is 1. The number of benzene rings is 2. The standard InChI is InChI=1S/C16H15BrFNO2/c1-2-9-21-15-6-4-3-5-14(15)19-16(20)11-7-8-13(18)12(17)10-11/h3-8,10H,2,9H2,1H3,(H,19,20). The van der Waals surface area contributed by atoms with Gasteiger partial charge in [0.05, 0.1) is 16.8 Å². The Balaban J connectivity index is 2.17. The van der Waals surface area contributed by atoms with Crippen LogP contribution in [0.25, 0.3) is 0 Å². The summed E-state index contributed by atoms with van der Waals surface area (Å²) in [6.07, 6.45) is 0.882. The van der Waals surface area contributed by atoms with E-state index in [-0.39, 0.29) is 10.4 Å². The normalized spacial score (nSPS) is 10.2. The molecule has 1 amide bonds. The third-order valence-corrected chi connectivity index (χ3v) is 3.39. The van der Waals surface area contributed by atoms with Crippen molar-refractivity contribution in [2.24, 2.45) is 0 Å². The van der Waals surface area contributed by atoms with E-state index in [0.717, 1.165) is 6.42 Å². The monoisotopic (exact) mass is 351 g/mol. The van der Waals surface area contributed by atoms with Crippen LogP contribution in [0, 0.1) is 5.82 Å². The van der Waals surface area contributed by atoms with Crippen molar-refractivity contribution in [3.05, 3.63) is 58.3 Å². The molecule has 0 heterocycles. The lowest BCUT2D eigenvalue weighted by molar-refractivity contribution is 0.102. The van der Waals surface area contributed by atoms with E-state index in [1.807, 2.05) is 19.1 Å². The Morgan fingerprint density at radius 3 is 2.76 bits per heavy atom. The Morgan fingerprint density at radius 2 is 2.05 bits per heavy atom. The number of ether oxygens (including phenoxy) is 1. The van der Waals surface area contributed by atoms with Gasteiger partial charge in [0.15, 0.2) is 0 Å². The van der Waals surface area contributed by atoms with Gasteiger partial charge in [-0.15, -0.1) is 0 Å². The minimum atomic E-state index is -0.404. The summed E-state index contributed by atoms with van der Waals surface area (Å²) < 4.78 is 19.0. The zero-order valence-corrected chi connectivity index (χ0v) is 13.1. The summed E-state index contributed by atoms with van der Waals surface area (Å²) in [5.41, 5.74) is 0.963. The number of hydrogen-bond acceptors (Lipinski definition) is 2. The van der Waals surface area contributed by atoms with Gasteiger partial charge in [0.2, 0.25) is 0 Å². The van der Waals surface area contributed by atoms with Crippen LogP contribution >= 0.6 is 15.9 Å². The molecule has 0 fully saturated rings. The predicted octanol–water partition coefficient (Wildman–Crippen LogP) is 4.63. The van der Waals surface area contributed by atoms with Gasteiger partial charge >= 0.3 is 0 Å². The fourth-order valence-corrected chi connectivity index (χ4v) is 2.12. The molecular weight excluding hydrogens is 337 g/mol. The number of anilines is 1. The second-order valence-corrected chi connectivity index (χ2v) is 5.28. The number of nitrogens with one attached hydrogen (secondary N) is 1. The Labute approximate surface area is 131 Å². The molecule has 0 radical (unpaired) electrons. The van der Waals surface area contributed by atoms with Crippen molar-refractivity contribution < 1.29 is 13.9 Å². The first-order valence-electron chi connectivity index (χ1n) is 6.60. The van der Waals surface area contributed by atoms with E-state index in [1.54, 1.807) is 12.1 Å². The second-order valence-electron chi connectivity index (χ2n) is 4.43. The summed E-state index contributed by atoms with van der Waals surface area (Å²) in [7, 11) is 0. The lowest BCUT2D eigenvalue weighted by atomic mass is 10.2. The van der Waals surface area contributed by atoms with E-state index in [1.165, 1.54) is 18.2 Å². The van der Waals surface area contributed by atoms with Gasteiger partial charge in [-0.05, 0) is 52.7 Å². The van der Waals surface area contributed by atoms with E-state index in [4.69, 9.17) is 4.74 Å². The maximum Gasteiger partial charge on any atom is 0.255 e. The van der Waals surface area contributed by atoms with E-state index >= 15 is 0 Å². The first-order valence-corrected chi connectivity index (χ1v) is 7.39. The Kier molecular flexibility index (Phi) is 5.33. The van der Waals surface area contributed by atoms with E-state index in [2.05, 4.69) is 21.2 Å². The molecule has 3 nitrogen and oxygen atoms in total. The molecule has 0 spiro atoms. The molecule has 0 unspecified atom stereocenters. The molecule has 0 aliphatic carbocycles. The van der Waals surface area contributed by atoms with Crippen LogP contribution in [0.1, 0.15) is 23.7 Å². The molecule has 0 aromatic heterocycles. The fourth-order valence-electron chi connectivity index (χ4n) is 1.74. The molecule has 110 valence electrons. The van der Waals surface area contributed by atoms with Crippen molar-refractivity contribution in [3.8, 4) is 5.75 Å². The third-order valence-electron chi connectivity index (χ3n) is 2.78. The van der Waals surface area contributed by atoms with Crippen molar-refractivity contribution in [1.82, 2.24) is 0 Å². The molecule has 0 aliphatic heterocycles. The van der Waals surface area contributed by atoms with Gasteiger partial charge in [0.1, 0.15) is 11.6 Å². The van der Waals surface area contributed by atoms with Crippen molar-refractivity contribution >= 4 is 27.5 Å². The summed E-state index contributed by atoms with van der Waals surface area (Å²) >= 11 is 3.07. The van der Waals surface area contributed by atoms with Crippen LogP contribution in [0.3, 0.4) is 0 Å². The minimum Gasteiger partial charge on any atom is -0.491 e. The first-order chi connectivity index (χ1) is 10.1. The predicted molar refractivity (Wildman–Crippen MR) is 84.3 cm³/mol. The molecular formula is C16H15BrFNO2. The molecule has 5 heteroatoms. The summed E-state index contributed by atoms with van der Waals surface area (Å²) in [6, 6.07) is 11.3. The first kappa shape index (κ1) is 15.5. The molecule has 0 atom stereocenters. The van der Waals surface area contributed by atoms with Crippen LogP contribution in [0.5, 0.6) is 5.75 Å². The molecule has 0 saturated carbocycles. The van der Waals surface area contributed by atoms with Gasteiger partial charge in [-0.3, -0.25) is 4.79 Å². The number of rotatable bonds is 5. The van der Waals surface area contributed by atoms with Gasteiger partial charge < -0.3 is 10.1 Å². The molecule has 1 N–H and O–H groups in total. The maximum absolute atomic E-state index is 13.2. The average Bonchev–Trinajstić information content (AvgIpc) is 2.49. The molecule has 21 heavy (non-hydrogen) atoms. The molecule has 2 aromatic rings. The van der Waals surface area contributed by atoms with Crippen molar-refractivity contribution in [3.63, 3.8) is 0 Å². The highest BCUT2D eigenvalue weighted by Crippen LogP contribution is 2.25. The quantitative estimate of drug-likeness (QED) is 0.852. The molecule has 2 aromatic carbocycles. The van der Waals surface area contributed by atoms with E-state index in [0.29, 0.717) is 23.6 Å². The van der Waals surface area contributed by atoms with Crippen molar-refractivity contribution in [1.29, 1.82) is 0 Å². The van der Waals surface area contributed by atoms with Crippen LogP contribution < -0.4 is 10.1 Å². The Hall–Kier alpha value is -1.88. The highest BCUT2D eigenvalue weighted by atomic mass is 79.9. The van der Waals surface area contributed by atoms with E-state index < -0.39 is 5.82 Å². The number of carbonyl (C=O) groups is 1. The largest absolute Gasteiger partial charge is 0.491 e. The fraction of sp³-hybridized carbons (Fsp3) is 0.188. The zero-order chi connectivity index (χ0) is 15.2. The van der Waals surface area contributed by atoms with Crippen LogP contribution in [-0.4, -0.2) is 12.5 Å². The summed E-state index contributed by atoms with van der Waals surface area (Å²) in [5.74, 6) is -0.102. The van der Waals surface area contributed by atoms with Gasteiger partial charge in [0.25, 0.3) is 5.91 Å². The average molecular weight is 352 g/mol. The number of carbonyl (C=O) groups excluding carboxylic acids is 1. The molecule has 0 aliphatic rings. The lowest BCUT2D eigenvalue weighted by Gasteiger charge is -2.12. The van der Waals surface area contributed by atoms with Crippen LogP contribution in [0.2, 0.25) is 0 Å². The smallest absolute Gasteiger partial charge is 0.255 e. The highest BCUT2D eigenvalue weighted by molar-refractivity contribution is 9.10. The van der Waals surface area contributed by atoms with Crippen LogP contribution in [-0.2, 0) is 0 Å². The molecule has 0 saturated heterocycles. The lowest BCUT2D eigenvalue weighted by Crippen LogP contribution is -2.13. The highest BCUT2D eigenvalue weighted by Gasteiger charge is 2.11. The van der Waals surface area contributed by atoms with Gasteiger partial charge in [0, 0.05) is 5.56 Å². The van der Waals surface area contributed by atoms with E-state index in [9.17, 15) is 9.18 Å². The SMILES string of the molecule is CCCOc1ccccc1NC(=O)c1ccc(F)c(Br)c1. The van der Waals surface area contributed by atoms with Crippen molar-refractivity contribution in [2.75, 3.05) is 11.9 Å². The molecule has 2 rings (SSSR count). The number of hydrogen-bond donors (Lipinski definition) is 1. The Morgan fingerprint density at radius 1 is 1.29 bits per heavy atom. The number of para-hydroxylation sites is 2. The van der Waals surface area contributed by atoms with Crippen molar-refractivity contribution in [2.45, 2.75) is 13.3 Å². The zero-order valence-electron chi connectivity index (χ0n) is 11.5. The minimum absolute atomic E-state index is 0.255. The van der Waals surface area contributed by atoms with Gasteiger partial charge in [-0.25, -0.2) is 4.39 Å². The third kappa shape index (κ3) is 4.04. The summed E-state index contributed by atoms with van der Waals surface area (Å²) in [4.78, 5) is 12.2. The van der Waals surface area contributed by atoms with Gasteiger partial charge in [-0.1, -0.05) is 19.1 Å². The second kappa shape index (κ2) is 7.22. The topological polar surface area (TPSA) is 38.3 Å². The molecule has 0 bridgehead atoms. The summed E-state index contributed by atoms with van der Waals surface area (Å²) in [5, 5.41) is 2.78. The Bertz CT molecular complexity index is 646. The van der Waals surface area contributed by atoms with Crippen LogP contribution in [0.15, 0.2) is 46.9 Å². The van der Waals surface area contributed by atoms with Gasteiger partial charge in [-0.2, -0.15) is 0 Å². The summed E-state index contributed by atoms with van der Waals surface area (Å²) in [6.45, 7) is 2.59.